The highest BCUT2D eigenvalue weighted by Crippen LogP contribution is 2.35. The largest absolute Gasteiger partial charge is 0.478 e. The fraction of sp³-hybridized carbons (Fsp3) is 0.571. The number of nitrogens with two attached hydrogens (primary N) is 1. The number of hydrogen-bond acceptors (Lipinski definition) is 2. The van der Waals surface area contributed by atoms with Crippen LogP contribution in [0.2, 0.25) is 0 Å². The first-order valence-corrected chi connectivity index (χ1v) is 6.80. The maximum absolute atomic E-state index is 11.3. The molecular formula is C14H20N2O3. The second kappa shape index (κ2) is 5.91. The van der Waals surface area contributed by atoms with Gasteiger partial charge in [-0.25, -0.2) is 4.79 Å². The van der Waals surface area contributed by atoms with Gasteiger partial charge in [-0.15, -0.1) is 0 Å². The number of carboxylic acid groups (broad SMARTS) is 1. The number of primary amides is 1. The predicted octanol–water partition coefficient (Wildman–Crippen LogP) is 2.11. The highest BCUT2D eigenvalue weighted by molar-refractivity contribution is 5.89. The molecule has 5 nitrogen and oxygen atoms in total. The van der Waals surface area contributed by atoms with E-state index in [1.807, 2.05) is 4.57 Å². The van der Waals surface area contributed by atoms with E-state index < -0.39 is 5.97 Å². The average Bonchev–Trinajstić information content (AvgIpc) is 2.81. The molecule has 104 valence electrons. The Balaban J connectivity index is 2.26. The second-order valence-electron chi connectivity index (χ2n) is 5.16. The van der Waals surface area contributed by atoms with E-state index in [-0.39, 0.29) is 12.3 Å². The maximum atomic E-state index is 11.3. The van der Waals surface area contributed by atoms with Crippen LogP contribution < -0.4 is 5.73 Å². The van der Waals surface area contributed by atoms with Gasteiger partial charge in [-0.05, 0) is 18.9 Å². The quantitative estimate of drug-likeness (QED) is 0.854. The molecule has 1 fully saturated rings. The van der Waals surface area contributed by atoms with Crippen molar-refractivity contribution in [3.8, 4) is 0 Å². The summed E-state index contributed by atoms with van der Waals surface area (Å²) < 4.78 is 1.89. The summed E-state index contributed by atoms with van der Waals surface area (Å²) in [5.74, 6) is -0.957. The van der Waals surface area contributed by atoms with E-state index >= 15 is 0 Å². The van der Waals surface area contributed by atoms with Crippen LogP contribution in [-0.2, 0) is 11.3 Å². The number of amides is 1. The van der Waals surface area contributed by atoms with Crippen molar-refractivity contribution in [2.75, 3.05) is 0 Å². The Labute approximate surface area is 112 Å². The lowest BCUT2D eigenvalue weighted by molar-refractivity contribution is -0.118. The smallest absolute Gasteiger partial charge is 0.337 e. The van der Waals surface area contributed by atoms with Gasteiger partial charge in [0.15, 0.2) is 0 Å². The lowest BCUT2D eigenvalue weighted by atomic mass is 9.85. The first-order chi connectivity index (χ1) is 9.09. The molecule has 1 aliphatic carbocycles. The highest BCUT2D eigenvalue weighted by atomic mass is 16.4. The summed E-state index contributed by atoms with van der Waals surface area (Å²) in [5, 5.41) is 9.28. The van der Waals surface area contributed by atoms with Gasteiger partial charge in [0.05, 0.1) is 5.56 Å². The second-order valence-corrected chi connectivity index (χ2v) is 5.16. The van der Waals surface area contributed by atoms with Crippen LogP contribution in [0.3, 0.4) is 0 Å². The van der Waals surface area contributed by atoms with E-state index in [4.69, 9.17) is 5.73 Å². The zero-order valence-corrected chi connectivity index (χ0v) is 11.0. The van der Waals surface area contributed by atoms with Crippen LogP contribution in [0.15, 0.2) is 12.3 Å². The number of carboxylic acids is 1. The van der Waals surface area contributed by atoms with Gasteiger partial charge in [-0.3, -0.25) is 4.79 Å². The molecule has 19 heavy (non-hydrogen) atoms. The van der Waals surface area contributed by atoms with E-state index in [0.717, 1.165) is 31.4 Å². The molecule has 1 saturated carbocycles. The topological polar surface area (TPSA) is 85.3 Å². The maximum Gasteiger partial charge on any atom is 0.337 e. The lowest BCUT2D eigenvalue weighted by Gasteiger charge is -2.24. The molecule has 1 aromatic rings. The number of aromatic carboxylic acids is 1. The Morgan fingerprint density at radius 2 is 2.00 bits per heavy atom. The minimum atomic E-state index is -0.890. The number of rotatable bonds is 5. The van der Waals surface area contributed by atoms with Crippen LogP contribution in [0.1, 0.15) is 60.5 Å². The lowest BCUT2D eigenvalue weighted by Crippen LogP contribution is -2.18. The Hall–Kier alpha value is -1.78. The van der Waals surface area contributed by atoms with Gasteiger partial charge in [-0.1, -0.05) is 19.3 Å². The molecule has 2 rings (SSSR count). The standard InChI is InChI=1S/C14H20N2O3/c15-12(17)7-9-16-8-6-11(14(18)19)13(16)10-4-2-1-3-5-10/h6,8,10H,1-5,7,9H2,(H2,15,17)(H,18,19). The van der Waals surface area contributed by atoms with E-state index in [1.54, 1.807) is 12.3 Å². The van der Waals surface area contributed by atoms with Gasteiger partial charge in [0.1, 0.15) is 0 Å². The van der Waals surface area contributed by atoms with E-state index in [9.17, 15) is 14.7 Å². The van der Waals surface area contributed by atoms with Crippen molar-refractivity contribution in [3.05, 3.63) is 23.5 Å². The van der Waals surface area contributed by atoms with Crippen molar-refractivity contribution >= 4 is 11.9 Å². The molecule has 1 amide bonds. The summed E-state index contributed by atoms with van der Waals surface area (Å²) in [5.41, 5.74) is 6.41. The van der Waals surface area contributed by atoms with E-state index in [1.165, 1.54) is 6.42 Å². The average molecular weight is 264 g/mol. The number of hydrogen-bond donors (Lipinski definition) is 2. The van der Waals surface area contributed by atoms with Crippen molar-refractivity contribution in [2.24, 2.45) is 5.73 Å². The molecular weight excluding hydrogens is 244 g/mol. The minimum Gasteiger partial charge on any atom is -0.478 e. The normalized spacial score (nSPS) is 16.4. The van der Waals surface area contributed by atoms with E-state index in [2.05, 4.69) is 0 Å². The Kier molecular flexibility index (Phi) is 4.24. The third-order valence-electron chi connectivity index (χ3n) is 3.83. The van der Waals surface area contributed by atoms with Crippen molar-refractivity contribution in [1.82, 2.24) is 4.57 Å². The summed E-state index contributed by atoms with van der Waals surface area (Å²) in [6.07, 6.45) is 7.57. The van der Waals surface area contributed by atoms with Crippen LogP contribution >= 0.6 is 0 Å². The number of carbonyl (C=O) groups is 2. The van der Waals surface area contributed by atoms with Gasteiger partial charge < -0.3 is 15.4 Å². The Bertz CT molecular complexity index is 473. The molecule has 0 saturated heterocycles. The van der Waals surface area contributed by atoms with Crippen molar-refractivity contribution < 1.29 is 14.7 Å². The SMILES string of the molecule is NC(=O)CCn1ccc(C(=O)O)c1C1CCCCC1. The summed E-state index contributed by atoms with van der Waals surface area (Å²) in [6.45, 7) is 0.467. The molecule has 0 aromatic carbocycles. The highest BCUT2D eigenvalue weighted by Gasteiger charge is 2.24. The van der Waals surface area contributed by atoms with Crippen LogP contribution in [0.25, 0.3) is 0 Å². The molecule has 1 aliphatic rings. The minimum absolute atomic E-state index is 0.244. The molecule has 0 radical (unpaired) electrons. The van der Waals surface area contributed by atoms with Gasteiger partial charge in [0, 0.05) is 30.8 Å². The monoisotopic (exact) mass is 264 g/mol. The van der Waals surface area contributed by atoms with Crippen LogP contribution in [-0.4, -0.2) is 21.6 Å². The molecule has 1 heterocycles. The molecule has 1 aromatic heterocycles. The summed E-state index contributed by atoms with van der Waals surface area (Å²) in [7, 11) is 0. The first-order valence-electron chi connectivity index (χ1n) is 6.80. The van der Waals surface area contributed by atoms with Crippen LogP contribution in [0.5, 0.6) is 0 Å². The van der Waals surface area contributed by atoms with Crippen molar-refractivity contribution in [3.63, 3.8) is 0 Å². The third-order valence-corrected chi connectivity index (χ3v) is 3.83. The molecule has 0 unspecified atom stereocenters. The number of nitrogens with zero attached hydrogens (tertiary/aromatic N) is 1. The molecule has 0 spiro atoms. The van der Waals surface area contributed by atoms with Gasteiger partial charge in [0.2, 0.25) is 5.91 Å². The fourth-order valence-corrected chi connectivity index (χ4v) is 2.92. The zero-order valence-electron chi connectivity index (χ0n) is 11.0. The molecule has 3 N–H and O–H groups in total. The Morgan fingerprint density at radius 1 is 1.32 bits per heavy atom. The number of aryl methyl sites for hydroxylation is 1. The van der Waals surface area contributed by atoms with Gasteiger partial charge in [-0.2, -0.15) is 0 Å². The van der Waals surface area contributed by atoms with Gasteiger partial charge >= 0.3 is 5.97 Å². The molecule has 0 atom stereocenters. The van der Waals surface area contributed by atoms with E-state index in [0.29, 0.717) is 18.0 Å². The number of carbonyl (C=O) groups excluding carboxylic acids is 1. The van der Waals surface area contributed by atoms with Gasteiger partial charge in [0.25, 0.3) is 0 Å². The Morgan fingerprint density at radius 3 is 2.58 bits per heavy atom. The van der Waals surface area contributed by atoms with Crippen LogP contribution in [0, 0.1) is 0 Å². The first kappa shape index (κ1) is 13.6. The number of aromatic nitrogens is 1. The van der Waals surface area contributed by atoms with Crippen LogP contribution in [0.4, 0.5) is 0 Å². The summed E-state index contributed by atoms with van der Waals surface area (Å²) in [6, 6.07) is 1.63. The fourth-order valence-electron chi connectivity index (χ4n) is 2.92. The zero-order chi connectivity index (χ0) is 13.8. The molecule has 0 aliphatic heterocycles. The molecule has 0 bridgehead atoms. The molecule has 5 heteroatoms. The van der Waals surface area contributed by atoms with Crippen molar-refractivity contribution in [1.29, 1.82) is 0 Å². The summed E-state index contributed by atoms with van der Waals surface area (Å²) in [4.78, 5) is 22.2. The third kappa shape index (κ3) is 3.16. The summed E-state index contributed by atoms with van der Waals surface area (Å²) >= 11 is 0. The predicted molar refractivity (Wildman–Crippen MR) is 71.0 cm³/mol. The van der Waals surface area contributed by atoms with Crippen molar-refractivity contribution in [2.45, 2.75) is 51.0 Å².